The molecule has 2 aromatic carbocycles. The van der Waals surface area contributed by atoms with E-state index in [0.717, 1.165) is 15.8 Å². The molecule has 3 nitrogen and oxygen atoms in total. The zero-order valence-electron chi connectivity index (χ0n) is 8.47. The molecular formula is C12H10BrN3. The summed E-state index contributed by atoms with van der Waals surface area (Å²) < 4.78 is 0.831. The standard InChI is InChI=1S/C12H10BrN3/c13-11-8-10(6-7-12(11)14)16-15-9-4-2-1-3-5-9/h1-8H,14H2/b16-15+. The molecule has 80 valence electrons. The lowest BCUT2D eigenvalue weighted by Gasteiger charge is -1.98. The predicted octanol–water partition coefficient (Wildman–Crippen LogP) is 4.45. The van der Waals surface area contributed by atoms with Crippen molar-refractivity contribution >= 4 is 33.0 Å². The number of benzene rings is 2. The lowest BCUT2D eigenvalue weighted by molar-refractivity contribution is 1.23. The second-order valence-corrected chi connectivity index (χ2v) is 4.10. The van der Waals surface area contributed by atoms with E-state index >= 15 is 0 Å². The van der Waals surface area contributed by atoms with Crippen molar-refractivity contribution in [3.8, 4) is 0 Å². The van der Waals surface area contributed by atoms with Gasteiger partial charge in [0.05, 0.1) is 11.4 Å². The quantitative estimate of drug-likeness (QED) is 0.639. The van der Waals surface area contributed by atoms with Crippen LogP contribution in [-0.4, -0.2) is 0 Å². The van der Waals surface area contributed by atoms with Gasteiger partial charge in [0.25, 0.3) is 0 Å². The topological polar surface area (TPSA) is 50.7 Å². The monoisotopic (exact) mass is 275 g/mol. The van der Waals surface area contributed by atoms with Crippen LogP contribution < -0.4 is 5.73 Å². The first-order chi connectivity index (χ1) is 7.75. The third kappa shape index (κ3) is 2.67. The number of nitrogens with zero attached hydrogens (tertiary/aromatic N) is 2. The van der Waals surface area contributed by atoms with Crippen molar-refractivity contribution in [3.63, 3.8) is 0 Å². The van der Waals surface area contributed by atoms with Crippen molar-refractivity contribution in [3.05, 3.63) is 53.0 Å². The van der Waals surface area contributed by atoms with E-state index in [4.69, 9.17) is 5.73 Å². The third-order valence-electron chi connectivity index (χ3n) is 2.02. The van der Waals surface area contributed by atoms with Crippen LogP contribution in [0.1, 0.15) is 0 Å². The normalized spacial score (nSPS) is 10.8. The largest absolute Gasteiger partial charge is 0.398 e. The highest BCUT2D eigenvalue weighted by molar-refractivity contribution is 9.10. The number of rotatable bonds is 2. The molecule has 16 heavy (non-hydrogen) atoms. The molecule has 0 saturated carbocycles. The molecule has 0 spiro atoms. The van der Waals surface area contributed by atoms with Gasteiger partial charge in [0, 0.05) is 10.2 Å². The SMILES string of the molecule is Nc1ccc(/N=N/c2ccccc2)cc1Br. The Kier molecular flexibility index (Phi) is 3.31. The molecule has 4 heteroatoms. The van der Waals surface area contributed by atoms with Gasteiger partial charge >= 0.3 is 0 Å². The minimum atomic E-state index is 0.693. The van der Waals surface area contributed by atoms with Crippen LogP contribution in [0.15, 0.2) is 63.2 Å². The van der Waals surface area contributed by atoms with Crippen LogP contribution >= 0.6 is 15.9 Å². The summed E-state index contributed by atoms with van der Waals surface area (Å²) in [5, 5.41) is 8.23. The zero-order valence-corrected chi connectivity index (χ0v) is 10.1. The first kappa shape index (κ1) is 10.8. The second kappa shape index (κ2) is 4.90. The number of hydrogen-bond acceptors (Lipinski definition) is 3. The fourth-order valence-corrected chi connectivity index (χ4v) is 1.56. The summed E-state index contributed by atoms with van der Waals surface area (Å²) in [7, 11) is 0. The van der Waals surface area contributed by atoms with Crippen molar-refractivity contribution in [1.82, 2.24) is 0 Å². The maximum atomic E-state index is 5.68. The molecule has 0 aliphatic heterocycles. The zero-order chi connectivity index (χ0) is 11.4. The Hall–Kier alpha value is -1.68. The summed E-state index contributed by atoms with van der Waals surface area (Å²) in [5.41, 5.74) is 7.97. The first-order valence-electron chi connectivity index (χ1n) is 4.77. The summed E-state index contributed by atoms with van der Waals surface area (Å²) in [6, 6.07) is 15.0. The minimum Gasteiger partial charge on any atom is -0.398 e. The van der Waals surface area contributed by atoms with Gasteiger partial charge in [-0.25, -0.2) is 0 Å². The Morgan fingerprint density at radius 3 is 2.25 bits per heavy atom. The maximum Gasteiger partial charge on any atom is 0.0869 e. The Morgan fingerprint density at radius 1 is 0.875 bits per heavy atom. The van der Waals surface area contributed by atoms with Gasteiger partial charge in [-0.3, -0.25) is 0 Å². The number of nitrogen functional groups attached to an aromatic ring is 1. The van der Waals surface area contributed by atoms with E-state index in [1.54, 1.807) is 6.07 Å². The molecule has 0 aliphatic carbocycles. The Morgan fingerprint density at radius 2 is 1.56 bits per heavy atom. The van der Waals surface area contributed by atoms with E-state index < -0.39 is 0 Å². The van der Waals surface area contributed by atoms with Gasteiger partial charge in [-0.1, -0.05) is 18.2 Å². The van der Waals surface area contributed by atoms with E-state index in [-0.39, 0.29) is 0 Å². The van der Waals surface area contributed by atoms with E-state index in [1.807, 2.05) is 42.5 Å². The van der Waals surface area contributed by atoms with Crippen LogP contribution in [0.5, 0.6) is 0 Å². The molecule has 0 radical (unpaired) electrons. The highest BCUT2D eigenvalue weighted by atomic mass is 79.9. The molecule has 2 aromatic rings. The van der Waals surface area contributed by atoms with Crippen molar-refractivity contribution in [1.29, 1.82) is 0 Å². The van der Waals surface area contributed by atoms with Crippen molar-refractivity contribution in [2.75, 3.05) is 5.73 Å². The van der Waals surface area contributed by atoms with Crippen LogP contribution in [0.3, 0.4) is 0 Å². The second-order valence-electron chi connectivity index (χ2n) is 3.24. The molecule has 0 atom stereocenters. The number of hydrogen-bond donors (Lipinski definition) is 1. The fraction of sp³-hybridized carbons (Fsp3) is 0. The summed E-state index contributed by atoms with van der Waals surface area (Å²) >= 11 is 3.35. The number of anilines is 1. The van der Waals surface area contributed by atoms with Crippen molar-refractivity contribution in [2.45, 2.75) is 0 Å². The Bertz CT molecular complexity index is 509. The Balaban J connectivity index is 2.21. The summed E-state index contributed by atoms with van der Waals surface area (Å²) in [6.07, 6.45) is 0. The predicted molar refractivity (Wildman–Crippen MR) is 69.2 cm³/mol. The summed E-state index contributed by atoms with van der Waals surface area (Å²) in [6.45, 7) is 0. The van der Waals surface area contributed by atoms with Gasteiger partial charge in [-0.15, -0.1) is 0 Å². The highest BCUT2D eigenvalue weighted by Crippen LogP contribution is 2.26. The van der Waals surface area contributed by atoms with E-state index in [1.165, 1.54) is 0 Å². The number of azo groups is 1. The molecule has 0 fully saturated rings. The maximum absolute atomic E-state index is 5.68. The summed E-state index contributed by atoms with van der Waals surface area (Å²) in [4.78, 5) is 0. The highest BCUT2D eigenvalue weighted by Gasteiger charge is 1.96. The van der Waals surface area contributed by atoms with Crippen LogP contribution in [-0.2, 0) is 0 Å². The Labute approximate surface area is 102 Å². The smallest absolute Gasteiger partial charge is 0.0869 e. The molecule has 0 aromatic heterocycles. The molecule has 0 heterocycles. The number of nitrogens with two attached hydrogens (primary N) is 1. The van der Waals surface area contributed by atoms with E-state index in [9.17, 15) is 0 Å². The van der Waals surface area contributed by atoms with Crippen molar-refractivity contribution in [2.24, 2.45) is 10.2 Å². The first-order valence-corrected chi connectivity index (χ1v) is 5.57. The lowest BCUT2D eigenvalue weighted by Crippen LogP contribution is -1.84. The molecule has 0 unspecified atom stereocenters. The van der Waals surface area contributed by atoms with Gasteiger partial charge in [-0.2, -0.15) is 10.2 Å². The molecular weight excluding hydrogens is 266 g/mol. The van der Waals surface area contributed by atoms with Gasteiger partial charge in [0.2, 0.25) is 0 Å². The lowest BCUT2D eigenvalue weighted by atomic mass is 10.3. The van der Waals surface area contributed by atoms with Crippen LogP contribution in [0, 0.1) is 0 Å². The summed E-state index contributed by atoms with van der Waals surface area (Å²) in [5.74, 6) is 0. The fourth-order valence-electron chi connectivity index (χ4n) is 1.19. The average Bonchev–Trinajstić information content (AvgIpc) is 2.32. The van der Waals surface area contributed by atoms with Gasteiger partial charge in [0.1, 0.15) is 0 Å². The average molecular weight is 276 g/mol. The minimum absolute atomic E-state index is 0.693. The molecule has 2 rings (SSSR count). The van der Waals surface area contributed by atoms with Gasteiger partial charge in [-0.05, 0) is 46.3 Å². The molecule has 0 bridgehead atoms. The van der Waals surface area contributed by atoms with E-state index in [2.05, 4.69) is 26.2 Å². The molecule has 0 saturated heterocycles. The van der Waals surface area contributed by atoms with Crippen LogP contribution in [0.25, 0.3) is 0 Å². The van der Waals surface area contributed by atoms with Gasteiger partial charge in [0.15, 0.2) is 0 Å². The van der Waals surface area contributed by atoms with Crippen LogP contribution in [0.2, 0.25) is 0 Å². The van der Waals surface area contributed by atoms with E-state index in [0.29, 0.717) is 5.69 Å². The third-order valence-corrected chi connectivity index (χ3v) is 2.71. The number of halogens is 1. The van der Waals surface area contributed by atoms with Crippen molar-refractivity contribution < 1.29 is 0 Å². The van der Waals surface area contributed by atoms with Crippen LogP contribution in [0.4, 0.5) is 17.1 Å². The molecule has 2 N–H and O–H groups in total. The molecule has 0 amide bonds. The van der Waals surface area contributed by atoms with Gasteiger partial charge < -0.3 is 5.73 Å². The molecule has 0 aliphatic rings.